The van der Waals surface area contributed by atoms with Crippen LogP contribution in [0, 0.1) is 0 Å². The first kappa shape index (κ1) is 18.2. The van der Waals surface area contributed by atoms with Crippen molar-refractivity contribution in [2.75, 3.05) is 23.4 Å². The third-order valence-corrected chi connectivity index (χ3v) is 5.58. The zero-order chi connectivity index (χ0) is 18.8. The summed E-state index contributed by atoms with van der Waals surface area (Å²) in [6, 6.07) is 6.28. The molecule has 142 valence electrons. The molecule has 1 aliphatic rings. The number of halogens is 1. The van der Waals surface area contributed by atoms with Gasteiger partial charge in [0.2, 0.25) is 0 Å². The molecule has 27 heavy (non-hydrogen) atoms. The number of hydrogen-bond donors (Lipinski definition) is 2. The van der Waals surface area contributed by atoms with Crippen LogP contribution in [-0.4, -0.2) is 38.9 Å². The van der Waals surface area contributed by atoms with E-state index in [1.54, 1.807) is 6.20 Å². The minimum atomic E-state index is 0.122. The minimum absolute atomic E-state index is 0.122. The zero-order valence-electron chi connectivity index (χ0n) is 15.3. The van der Waals surface area contributed by atoms with E-state index < -0.39 is 0 Å². The van der Waals surface area contributed by atoms with Crippen molar-refractivity contribution in [3.8, 4) is 0 Å². The molecular weight excluding hydrogens is 408 g/mol. The number of pyridine rings is 1. The summed E-state index contributed by atoms with van der Waals surface area (Å²) in [6.07, 6.45) is 9.14. The van der Waals surface area contributed by atoms with E-state index in [-0.39, 0.29) is 12.6 Å². The third-order valence-electron chi connectivity index (χ3n) is 5.02. The van der Waals surface area contributed by atoms with Crippen molar-refractivity contribution in [2.45, 2.75) is 31.8 Å². The summed E-state index contributed by atoms with van der Waals surface area (Å²) in [7, 11) is 2.02. The van der Waals surface area contributed by atoms with Gasteiger partial charge in [0.25, 0.3) is 0 Å². The van der Waals surface area contributed by atoms with Gasteiger partial charge in [0, 0.05) is 30.8 Å². The summed E-state index contributed by atoms with van der Waals surface area (Å²) in [5.41, 5.74) is 1.96. The molecule has 3 aromatic rings. The summed E-state index contributed by atoms with van der Waals surface area (Å²) >= 11 is 3.55. The first-order chi connectivity index (χ1) is 13.2. The smallest absolute Gasteiger partial charge is 0.173 e. The van der Waals surface area contributed by atoms with E-state index in [1.807, 2.05) is 34.5 Å². The highest BCUT2D eigenvalue weighted by atomic mass is 79.9. The predicted octanol–water partition coefficient (Wildman–Crippen LogP) is 2.28. The molecule has 1 saturated heterocycles. The van der Waals surface area contributed by atoms with Gasteiger partial charge in [-0.3, -0.25) is 0 Å². The van der Waals surface area contributed by atoms with Gasteiger partial charge in [0.1, 0.15) is 18.7 Å². The quantitative estimate of drug-likeness (QED) is 0.606. The minimum Gasteiger partial charge on any atom is -0.394 e. The molecule has 0 saturated carbocycles. The fourth-order valence-electron chi connectivity index (χ4n) is 3.64. The molecule has 0 bridgehead atoms. The Bertz CT molecular complexity index is 943. The second kappa shape index (κ2) is 7.82. The number of anilines is 2. The maximum Gasteiger partial charge on any atom is 0.173 e. The number of rotatable bonds is 5. The van der Waals surface area contributed by atoms with E-state index in [0.29, 0.717) is 6.54 Å². The van der Waals surface area contributed by atoms with Crippen molar-refractivity contribution >= 4 is 33.2 Å². The SMILES string of the molecule is C[n+]1cccc(CNc2cc(N3CCCCC3CO)nc3c(Br)cnn23)c1. The van der Waals surface area contributed by atoms with Gasteiger partial charge in [0.15, 0.2) is 18.0 Å². The molecule has 0 amide bonds. The summed E-state index contributed by atoms with van der Waals surface area (Å²) in [6.45, 7) is 1.75. The first-order valence-corrected chi connectivity index (χ1v) is 10.0. The maximum absolute atomic E-state index is 9.78. The Balaban J connectivity index is 1.68. The fraction of sp³-hybridized carbons (Fsp3) is 0.421. The van der Waals surface area contributed by atoms with Crippen molar-refractivity contribution < 1.29 is 9.67 Å². The van der Waals surface area contributed by atoms with Crippen LogP contribution in [0.25, 0.3) is 5.65 Å². The second-order valence-corrected chi connectivity index (χ2v) is 7.84. The maximum atomic E-state index is 9.78. The van der Waals surface area contributed by atoms with Crippen LogP contribution in [0.15, 0.2) is 41.3 Å². The van der Waals surface area contributed by atoms with Gasteiger partial charge in [-0.05, 0) is 41.3 Å². The largest absolute Gasteiger partial charge is 0.394 e. The molecule has 1 unspecified atom stereocenters. The molecule has 1 atom stereocenters. The molecule has 0 spiro atoms. The highest BCUT2D eigenvalue weighted by Gasteiger charge is 2.24. The normalized spacial score (nSPS) is 17.4. The first-order valence-electron chi connectivity index (χ1n) is 9.25. The summed E-state index contributed by atoms with van der Waals surface area (Å²) in [5, 5.41) is 17.7. The molecule has 1 fully saturated rings. The molecule has 0 radical (unpaired) electrons. The van der Waals surface area contributed by atoms with Gasteiger partial charge >= 0.3 is 0 Å². The Labute approximate surface area is 166 Å². The average Bonchev–Trinajstić information content (AvgIpc) is 3.07. The van der Waals surface area contributed by atoms with Gasteiger partial charge in [-0.15, -0.1) is 0 Å². The topological polar surface area (TPSA) is 69.6 Å². The van der Waals surface area contributed by atoms with Crippen molar-refractivity contribution in [1.29, 1.82) is 0 Å². The lowest BCUT2D eigenvalue weighted by Crippen LogP contribution is -2.42. The van der Waals surface area contributed by atoms with Crippen molar-refractivity contribution in [1.82, 2.24) is 14.6 Å². The van der Waals surface area contributed by atoms with Gasteiger partial charge in [-0.2, -0.15) is 9.61 Å². The second-order valence-electron chi connectivity index (χ2n) is 6.98. The van der Waals surface area contributed by atoms with Crippen LogP contribution in [0.1, 0.15) is 24.8 Å². The van der Waals surface area contributed by atoms with Crippen LogP contribution in [0.3, 0.4) is 0 Å². The average molecular weight is 432 g/mol. The summed E-state index contributed by atoms with van der Waals surface area (Å²) < 4.78 is 4.71. The van der Waals surface area contributed by atoms with E-state index >= 15 is 0 Å². The number of nitrogens with one attached hydrogen (secondary N) is 1. The van der Waals surface area contributed by atoms with Crippen LogP contribution in [0.4, 0.5) is 11.6 Å². The third kappa shape index (κ3) is 3.77. The van der Waals surface area contributed by atoms with Crippen LogP contribution in [-0.2, 0) is 13.6 Å². The molecule has 1 aliphatic heterocycles. The number of hydrogen-bond acceptors (Lipinski definition) is 5. The summed E-state index contributed by atoms with van der Waals surface area (Å²) in [5.74, 6) is 1.76. The van der Waals surface area contributed by atoms with Crippen LogP contribution < -0.4 is 14.8 Å². The van der Waals surface area contributed by atoms with E-state index in [4.69, 9.17) is 4.98 Å². The molecule has 3 aromatic heterocycles. The van der Waals surface area contributed by atoms with Gasteiger partial charge in [-0.25, -0.2) is 9.55 Å². The number of nitrogens with zero attached hydrogens (tertiary/aromatic N) is 5. The molecular formula is C19H24BrN6O+. The predicted molar refractivity (Wildman–Crippen MR) is 108 cm³/mol. The van der Waals surface area contributed by atoms with Crippen LogP contribution in [0.2, 0.25) is 0 Å². The van der Waals surface area contributed by atoms with Gasteiger partial charge in [-0.1, -0.05) is 0 Å². The fourth-order valence-corrected chi connectivity index (χ4v) is 3.98. The van der Waals surface area contributed by atoms with E-state index in [0.717, 1.165) is 47.6 Å². The lowest BCUT2D eigenvalue weighted by molar-refractivity contribution is -0.671. The molecule has 0 aliphatic carbocycles. The van der Waals surface area contributed by atoms with Crippen LogP contribution >= 0.6 is 15.9 Å². The number of aryl methyl sites for hydroxylation is 1. The molecule has 4 heterocycles. The molecule has 7 nitrogen and oxygen atoms in total. The number of aromatic nitrogens is 4. The molecule has 4 rings (SSSR count). The van der Waals surface area contributed by atoms with E-state index in [9.17, 15) is 5.11 Å². The number of aliphatic hydroxyl groups is 1. The van der Waals surface area contributed by atoms with Gasteiger partial charge < -0.3 is 15.3 Å². The Morgan fingerprint density at radius 2 is 2.30 bits per heavy atom. The molecule has 8 heteroatoms. The number of fused-ring (bicyclic) bond motifs is 1. The lowest BCUT2D eigenvalue weighted by atomic mass is 10.0. The highest BCUT2D eigenvalue weighted by molar-refractivity contribution is 9.10. The number of piperidine rings is 1. The molecule has 0 aromatic carbocycles. The van der Waals surface area contributed by atoms with E-state index in [2.05, 4.69) is 43.5 Å². The van der Waals surface area contributed by atoms with Gasteiger partial charge in [0.05, 0.1) is 23.3 Å². The summed E-state index contributed by atoms with van der Waals surface area (Å²) in [4.78, 5) is 7.03. The highest BCUT2D eigenvalue weighted by Crippen LogP contribution is 2.28. The Morgan fingerprint density at radius 1 is 1.41 bits per heavy atom. The monoisotopic (exact) mass is 431 g/mol. The van der Waals surface area contributed by atoms with E-state index in [1.165, 1.54) is 5.56 Å². The lowest BCUT2D eigenvalue weighted by Gasteiger charge is -2.35. The van der Waals surface area contributed by atoms with Crippen LogP contribution in [0.5, 0.6) is 0 Å². The zero-order valence-corrected chi connectivity index (χ0v) is 16.9. The Morgan fingerprint density at radius 3 is 3.11 bits per heavy atom. The standard InChI is InChI=1S/C19H24BrN6O/c1-24-7-4-5-14(12-24)10-21-17-9-18(23-19-16(20)11-22-26(17)19)25-8-3-2-6-15(25)13-27/h4-5,7,9,11-12,15,21,27H,2-3,6,8,10,13H2,1H3/q+1. The Hall–Kier alpha value is -2.19. The number of aliphatic hydroxyl groups excluding tert-OH is 1. The van der Waals surface area contributed by atoms with Crippen molar-refractivity contribution in [2.24, 2.45) is 7.05 Å². The molecule has 2 N–H and O–H groups in total. The van der Waals surface area contributed by atoms with Crippen molar-refractivity contribution in [3.05, 3.63) is 46.8 Å². The van der Waals surface area contributed by atoms with Crippen molar-refractivity contribution in [3.63, 3.8) is 0 Å². The Kier molecular flexibility index (Phi) is 5.27.